The molecule has 2 heterocycles. The zero-order chi connectivity index (χ0) is 11.8. The molecule has 0 bridgehead atoms. The quantitative estimate of drug-likeness (QED) is 0.811. The molecule has 0 aliphatic carbocycles. The summed E-state index contributed by atoms with van der Waals surface area (Å²) in [5.74, 6) is 0.882. The summed E-state index contributed by atoms with van der Waals surface area (Å²) in [4.78, 5) is 6.39. The van der Waals surface area contributed by atoms with E-state index in [-0.39, 0.29) is 0 Å². The van der Waals surface area contributed by atoms with Gasteiger partial charge in [0.05, 0.1) is 5.60 Å². The molecule has 0 radical (unpaired) electrons. The molecule has 1 aliphatic rings. The second-order valence-corrected chi connectivity index (χ2v) is 5.10. The molecule has 1 fully saturated rings. The zero-order valence-corrected chi connectivity index (χ0v) is 10.2. The van der Waals surface area contributed by atoms with Gasteiger partial charge in [0.25, 0.3) is 0 Å². The van der Waals surface area contributed by atoms with Crippen LogP contribution < -0.4 is 0 Å². The van der Waals surface area contributed by atoms with Gasteiger partial charge in [0.1, 0.15) is 12.2 Å². The third-order valence-corrected chi connectivity index (χ3v) is 3.15. The van der Waals surface area contributed by atoms with E-state index in [1.165, 1.54) is 0 Å². The van der Waals surface area contributed by atoms with Crippen molar-refractivity contribution in [3.05, 3.63) is 12.2 Å². The Balaban J connectivity index is 2.11. The Kier molecular flexibility index (Phi) is 2.99. The van der Waals surface area contributed by atoms with Crippen LogP contribution in [0, 0.1) is 0 Å². The third kappa shape index (κ3) is 2.25. The van der Waals surface area contributed by atoms with Crippen molar-refractivity contribution in [2.75, 3.05) is 20.1 Å². The topological polar surface area (TPSA) is 54.2 Å². The molecule has 2 rings (SSSR count). The Morgan fingerprint density at radius 3 is 2.88 bits per heavy atom. The Morgan fingerprint density at radius 2 is 2.31 bits per heavy atom. The molecule has 0 amide bonds. The molecule has 1 aliphatic heterocycles. The Morgan fingerprint density at radius 1 is 1.56 bits per heavy atom. The fourth-order valence-electron chi connectivity index (χ4n) is 2.33. The highest BCUT2D eigenvalue weighted by Crippen LogP contribution is 2.24. The fourth-order valence-corrected chi connectivity index (χ4v) is 2.33. The molecule has 1 atom stereocenters. The van der Waals surface area contributed by atoms with Crippen molar-refractivity contribution >= 4 is 0 Å². The van der Waals surface area contributed by atoms with Crippen molar-refractivity contribution < 1.29 is 5.11 Å². The second-order valence-electron chi connectivity index (χ2n) is 5.10. The smallest absolute Gasteiger partial charge is 0.138 e. The summed E-state index contributed by atoms with van der Waals surface area (Å²) >= 11 is 0. The number of likely N-dealkylation sites (N-methyl/N-ethyl adjacent to an activating group) is 1. The van der Waals surface area contributed by atoms with Crippen LogP contribution in [-0.4, -0.2) is 50.5 Å². The van der Waals surface area contributed by atoms with Crippen LogP contribution in [-0.2, 0) is 6.42 Å². The number of rotatable bonds is 3. The molecular weight excluding hydrogens is 204 g/mol. The molecule has 1 saturated heterocycles. The second kappa shape index (κ2) is 4.14. The van der Waals surface area contributed by atoms with E-state index in [0.717, 1.165) is 25.3 Å². The molecule has 1 aromatic heterocycles. The molecule has 1 N–H and O–H groups in total. The normalized spacial score (nSPS) is 26.8. The fraction of sp³-hybridized carbons (Fsp3) is 0.818. The van der Waals surface area contributed by atoms with Gasteiger partial charge >= 0.3 is 0 Å². The van der Waals surface area contributed by atoms with Crippen LogP contribution >= 0.6 is 0 Å². The first-order valence-corrected chi connectivity index (χ1v) is 5.79. The van der Waals surface area contributed by atoms with Gasteiger partial charge in [-0.1, -0.05) is 0 Å². The molecule has 16 heavy (non-hydrogen) atoms. The van der Waals surface area contributed by atoms with Gasteiger partial charge in [-0.2, -0.15) is 5.10 Å². The van der Waals surface area contributed by atoms with E-state index < -0.39 is 5.60 Å². The Hall–Kier alpha value is -0.940. The molecule has 0 spiro atoms. The number of hydrogen-bond donors (Lipinski definition) is 1. The summed E-state index contributed by atoms with van der Waals surface area (Å²) in [5.41, 5.74) is -0.631. The van der Waals surface area contributed by atoms with Gasteiger partial charge in [-0.15, -0.1) is 0 Å². The van der Waals surface area contributed by atoms with Crippen molar-refractivity contribution in [3.8, 4) is 0 Å². The van der Waals surface area contributed by atoms with Gasteiger partial charge in [-0.05, 0) is 27.3 Å². The van der Waals surface area contributed by atoms with Crippen molar-refractivity contribution in [2.24, 2.45) is 0 Å². The first-order chi connectivity index (χ1) is 7.50. The zero-order valence-electron chi connectivity index (χ0n) is 10.2. The van der Waals surface area contributed by atoms with Gasteiger partial charge in [-0.25, -0.2) is 9.67 Å². The Bertz CT molecular complexity index is 363. The lowest BCUT2D eigenvalue weighted by molar-refractivity contribution is 0.0490. The van der Waals surface area contributed by atoms with Gasteiger partial charge in [-0.3, -0.25) is 0 Å². The van der Waals surface area contributed by atoms with Gasteiger partial charge in [0.2, 0.25) is 0 Å². The standard InChI is InChI=1S/C11H20N4O/c1-9(2)15-10(12-8-13-15)6-11(16)4-5-14(3)7-11/h8-9,16H,4-7H2,1-3H3. The van der Waals surface area contributed by atoms with E-state index in [1.807, 2.05) is 11.7 Å². The van der Waals surface area contributed by atoms with Gasteiger partial charge in [0, 0.05) is 25.6 Å². The SMILES string of the molecule is CC(C)n1ncnc1CC1(O)CCN(C)C1. The van der Waals surface area contributed by atoms with E-state index in [0.29, 0.717) is 12.5 Å². The maximum absolute atomic E-state index is 10.4. The van der Waals surface area contributed by atoms with E-state index >= 15 is 0 Å². The number of aromatic nitrogens is 3. The van der Waals surface area contributed by atoms with Crippen molar-refractivity contribution in [3.63, 3.8) is 0 Å². The highest BCUT2D eigenvalue weighted by molar-refractivity contribution is 4.99. The highest BCUT2D eigenvalue weighted by atomic mass is 16.3. The van der Waals surface area contributed by atoms with Crippen LogP contribution in [0.5, 0.6) is 0 Å². The van der Waals surface area contributed by atoms with Crippen LogP contribution in [0.15, 0.2) is 6.33 Å². The number of likely N-dealkylation sites (tertiary alicyclic amines) is 1. The van der Waals surface area contributed by atoms with Crippen LogP contribution in [0.25, 0.3) is 0 Å². The molecule has 5 nitrogen and oxygen atoms in total. The van der Waals surface area contributed by atoms with Crippen molar-refractivity contribution in [2.45, 2.75) is 38.3 Å². The molecule has 1 aromatic rings. The Labute approximate surface area is 96.1 Å². The minimum Gasteiger partial charge on any atom is -0.388 e. The average Bonchev–Trinajstić information content (AvgIpc) is 2.74. The number of nitrogens with zero attached hydrogens (tertiary/aromatic N) is 4. The van der Waals surface area contributed by atoms with E-state index in [4.69, 9.17) is 0 Å². The van der Waals surface area contributed by atoms with Gasteiger partial charge in [0.15, 0.2) is 0 Å². The lowest BCUT2D eigenvalue weighted by Gasteiger charge is -2.22. The first-order valence-electron chi connectivity index (χ1n) is 5.79. The summed E-state index contributed by atoms with van der Waals surface area (Å²) < 4.78 is 1.89. The first kappa shape index (κ1) is 11.5. The molecule has 5 heteroatoms. The number of aliphatic hydroxyl groups is 1. The predicted molar refractivity (Wildman–Crippen MR) is 61.2 cm³/mol. The maximum atomic E-state index is 10.4. The summed E-state index contributed by atoms with van der Waals surface area (Å²) in [6, 6.07) is 0.292. The molecule has 0 saturated carbocycles. The molecular formula is C11H20N4O. The van der Waals surface area contributed by atoms with Gasteiger partial charge < -0.3 is 10.0 Å². The average molecular weight is 224 g/mol. The summed E-state index contributed by atoms with van der Waals surface area (Å²) in [6.07, 6.45) is 2.97. The number of β-amino-alcohol motifs (C(OH)–C–C–N with tert-alkyl or cyclic N) is 1. The molecule has 90 valence electrons. The van der Waals surface area contributed by atoms with E-state index in [1.54, 1.807) is 6.33 Å². The molecule has 1 unspecified atom stereocenters. The lowest BCUT2D eigenvalue weighted by atomic mass is 9.98. The van der Waals surface area contributed by atoms with Crippen LogP contribution in [0.3, 0.4) is 0 Å². The van der Waals surface area contributed by atoms with Crippen LogP contribution in [0.1, 0.15) is 32.1 Å². The van der Waals surface area contributed by atoms with E-state index in [2.05, 4.69) is 28.8 Å². The monoisotopic (exact) mass is 224 g/mol. The minimum atomic E-state index is -0.631. The highest BCUT2D eigenvalue weighted by Gasteiger charge is 2.35. The van der Waals surface area contributed by atoms with Crippen molar-refractivity contribution in [1.82, 2.24) is 19.7 Å². The number of hydrogen-bond acceptors (Lipinski definition) is 4. The van der Waals surface area contributed by atoms with E-state index in [9.17, 15) is 5.11 Å². The summed E-state index contributed by atoms with van der Waals surface area (Å²) in [7, 11) is 2.03. The third-order valence-electron chi connectivity index (χ3n) is 3.15. The maximum Gasteiger partial charge on any atom is 0.138 e. The predicted octanol–water partition coefficient (Wildman–Crippen LogP) is 0.468. The van der Waals surface area contributed by atoms with Crippen LogP contribution in [0.2, 0.25) is 0 Å². The minimum absolute atomic E-state index is 0.292. The lowest BCUT2D eigenvalue weighted by Crippen LogP contribution is -2.35. The summed E-state index contributed by atoms with van der Waals surface area (Å²) in [6.45, 7) is 5.82. The largest absolute Gasteiger partial charge is 0.388 e. The van der Waals surface area contributed by atoms with Crippen LogP contribution in [0.4, 0.5) is 0 Å². The van der Waals surface area contributed by atoms with Crippen molar-refractivity contribution in [1.29, 1.82) is 0 Å². The summed E-state index contributed by atoms with van der Waals surface area (Å²) in [5, 5.41) is 14.6. The molecule has 0 aromatic carbocycles.